The molecule has 1 unspecified atom stereocenters. The second-order valence-electron chi connectivity index (χ2n) is 9.21. The average molecular weight is 501 g/mol. The van der Waals surface area contributed by atoms with Crippen molar-refractivity contribution in [2.75, 3.05) is 31.5 Å². The average Bonchev–Trinajstić information content (AvgIpc) is 2.81. The van der Waals surface area contributed by atoms with Gasteiger partial charge in [0.15, 0.2) is 0 Å². The Kier molecular flexibility index (Phi) is 11.8. The van der Waals surface area contributed by atoms with Gasteiger partial charge in [-0.25, -0.2) is 9.78 Å². The summed E-state index contributed by atoms with van der Waals surface area (Å²) in [7, 11) is 0. The van der Waals surface area contributed by atoms with E-state index in [9.17, 15) is 27.9 Å². The highest BCUT2D eigenvalue weighted by Gasteiger charge is 2.29. The second kappa shape index (κ2) is 14.3. The van der Waals surface area contributed by atoms with Crippen LogP contribution in [0.5, 0.6) is 0 Å². The zero-order chi connectivity index (χ0) is 25.8. The largest absolute Gasteiger partial charge is 0.480 e. The molecule has 0 aliphatic carbocycles. The van der Waals surface area contributed by atoms with Crippen molar-refractivity contribution in [2.45, 2.75) is 83.9 Å². The van der Waals surface area contributed by atoms with E-state index in [-0.39, 0.29) is 31.3 Å². The molecule has 1 aromatic heterocycles. The molecule has 10 heteroatoms. The maximum absolute atomic E-state index is 12.8. The highest BCUT2D eigenvalue weighted by atomic mass is 19.4. The summed E-state index contributed by atoms with van der Waals surface area (Å²) in [6.07, 6.45) is 0.275. The number of carbonyl (C=O) groups is 2. The van der Waals surface area contributed by atoms with Crippen molar-refractivity contribution >= 4 is 17.7 Å². The zero-order valence-electron chi connectivity index (χ0n) is 20.8. The van der Waals surface area contributed by atoms with E-state index in [4.69, 9.17) is 0 Å². The maximum atomic E-state index is 12.8. The van der Waals surface area contributed by atoms with Crippen molar-refractivity contribution in [3.8, 4) is 0 Å². The van der Waals surface area contributed by atoms with Gasteiger partial charge in [-0.15, -0.1) is 0 Å². The first-order chi connectivity index (χ1) is 16.6. The van der Waals surface area contributed by atoms with E-state index in [2.05, 4.69) is 21.7 Å². The molecule has 3 N–H and O–H groups in total. The third kappa shape index (κ3) is 10.4. The van der Waals surface area contributed by atoms with E-state index in [1.807, 2.05) is 19.9 Å². The summed E-state index contributed by atoms with van der Waals surface area (Å²) >= 11 is 0. The lowest BCUT2D eigenvalue weighted by atomic mass is 10.0. The summed E-state index contributed by atoms with van der Waals surface area (Å²) in [5.41, 5.74) is 2.16. The number of fused-ring (bicyclic) bond motifs is 1. The molecule has 0 spiro atoms. The molecule has 7 nitrogen and oxygen atoms in total. The smallest absolute Gasteiger partial charge is 0.390 e. The predicted molar refractivity (Wildman–Crippen MR) is 129 cm³/mol. The van der Waals surface area contributed by atoms with Crippen molar-refractivity contribution in [3.05, 3.63) is 23.4 Å². The van der Waals surface area contributed by atoms with Crippen LogP contribution in [-0.2, 0) is 22.4 Å². The number of hydrogen-bond acceptors (Lipinski definition) is 5. The molecule has 1 atom stereocenters. The third-order valence-corrected chi connectivity index (χ3v) is 6.53. The van der Waals surface area contributed by atoms with Crippen LogP contribution in [0, 0.1) is 5.92 Å². The number of unbranched alkanes of at least 4 members (excludes halogenated alkanes) is 1. The highest BCUT2D eigenvalue weighted by molar-refractivity contribution is 5.84. The van der Waals surface area contributed by atoms with E-state index in [1.54, 1.807) is 4.90 Å². The van der Waals surface area contributed by atoms with E-state index in [0.29, 0.717) is 25.8 Å². The number of carbonyl (C=O) groups excluding carboxylic acids is 1. The molecule has 0 radical (unpaired) electrons. The molecular formula is C25H39F3N4O3. The van der Waals surface area contributed by atoms with Gasteiger partial charge in [-0.05, 0) is 69.5 Å². The first-order valence-corrected chi connectivity index (χ1v) is 12.7. The minimum absolute atomic E-state index is 0.0527. The van der Waals surface area contributed by atoms with Crippen molar-refractivity contribution in [2.24, 2.45) is 5.92 Å². The maximum Gasteiger partial charge on any atom is 0.390 e. The van der Waals surface area contributed by atoms with Gasteiger partial charge >= 0.3 is 12.1 Å². The Labute approximate surface area is 205 Å². The number of aryl methyl sites for hydroxylation is 2. The zero-order valence-corrected chi connectivity index (χ0v) is 20.8. The summed E-state index contributed by atoms with van der Waals surface area (Å²) in [6.45, 7) is 5.02. The molecule has 0 fully saturated rings. The van der Waals surface area contributed by atoms with Crippen molar-refractivity contribution in [3.63, 3.8) is 0 Å². The van der Waals surface area contributed by atoms with Gasteiger partial charge in [0.2, 0.25) is 5.91 Å². The van der Waals surface area contributed by atoms with Gasteiger partial charge in [0, 0.05) is 31.2 Å². The third-order valence-electron chi connectivity index (χ3n) is 6.53. The molecule has 0 aromatic carbocycles. The summed E-state index contributed by atoms with van der Waals surface area (Å²) in [4.78, 5) is 30.3. The molecule has 35 heavy (non-hydrogen) atoms. The Hall–Kier alpha value is -2.36. The molecule has 2 rings (SSSR count). The quantitative estimate of drug-likeness (QED) is 0.309. The molecule has 1 aromatic rings. The molecule has 0 saturated carbocycles. The van der Waals surface area contributed by atoms with E-state index < -0.39 is 24.6 Å². The van der Waals surface area contributed by atoms with Crippen molar-refractivity contribution in [1.29, 1.82) is 0 Å². The molecule has 198 valence electrons. The number of anilines is 1. The lowest BCUT2D eigenvalue weighted by Gasteiger charge is -2.25. The van der Waals surface area contributed by atoms with E-state index in [1.165, 1.54) is 5.56 Å². The van der Waals surface area contributed by atoms with Gasteiger partial charge in [0.25, 0.3) is 0 Å². The van der Waals surface area contributed by atoms with E-state index >= 15 is 0 Å². The number of rotatable bonds is 15. The number of nitrogens with one attached hydrogen (secondary N) is 2. The van der Waals surface area contributed by atoms with Gasteiger partial charge in [-0.3, -0.25) is 4.79 Å². The lowest BCUT2D eigenvalue weighted by Crippen LogP contribution is -2.45. The normalized spacial score (nSPS) is 14.5. The monoisotopic (exact) mass is 500 g/mol. The van der Waals surface area contributed by atoms with Crippen molar-refractivity contribution < 1.29 is 27.9 Å². The number of aromatic nitrogens is 1. The van der Waals surface area contributed by atoms with Gasteiger partial charge in [-0.2, -0.15) is 13.2 Å². The summed E-state index contributed by atoms with van der Waals surface area (Å²) in [5, 5.41) is 15.4. The first kappa shape index (κ1) is 28.9. The van der Waals surface area contributed by atoms with Gasteiger partial charge in [0.05, 0.1) is 6.42 Å². The molecular weight excluding hydrogens is 461 g/mol. The Morgan fingerprint density at radius 1 is 1.17 bits per heavy atom. The SMILES string of the molecule is CCC(CC)C(=O)NC(CCN(CCCCc1ccc2c(n1)NCCC2)CCC(F)(F)F)C(=O)O. The molecule has 0 saturated heterocycles. The standard InChI is InChI=1S/C25H39F3N4O3/c1-3-18(4-2)23(33)31-21(24(34)35)12-16-32(17-13-25(26,27)28)15-6-5-9-20-11-10-19-8-7-14-29-22(19)30-20/h10-11,18,21H,3-9,12-17H2,1-2H3,(H,29,30)(H,31,33)(H,34,35). The van der Waals surface area contributed by atoms with Crippen LogP contribution in [0.4, 0.5) is 19.0 Å². The van der Waals surface area contributed by atoms with E-state index in [0.717, 1.165) is 43.7 Å². The number of hydrogen-bond donors (Lipinski definition) is 3. The summed E-state index contributed by atoms with van der Waals surface area (Å²) < 4.78 is 38.5. The van der Waals surface area contributed by atoms with Crippen LogP contribution in [-0.4, -0.2) is 65.3 Å². The Bertz CT molecular complexity index is 816. The molecule has 0 bridgehead atoms. The summed E-state index contributed by atoms with van der Waals surface area (Å²) in [6, 6.07) is 2.97. The molecule has 1 aliphatic heterocycles. The van der Waals surface area contributed by atoms with Gasteiger partial charge in [-0.1, -0.05) is 19.9 Å². The van der Waals surface area contributed by atoms with Crippen LogP contribution in [0.15, 0.2) is 12.1 Å². The predicted octanol–water partition coefficient (Wildman–Crippen LogP) is 4.41. The fourth-order valence-electron chi connectivity index (χ4n) is 4.29. The number of carboxylic acid groups (broad SMARTS) is 1. The molecule has 1 amide bonds. The van der Waals surface area contributed by atoms with Crippen LogP contribution in [0.25, 0.3) is 0 Å². The van der Waals surface area contributed by atoms with Crippen molar-refractivity contribution in [1.82, 2.24) is 15.2 Å². The number of halogens is 3. The molecule has 1 aliphatic rings. The lowest BCUT2D eigenvalue weighted by molar-refractivity contribution is -0.143. The Balaban J connectivity index is 1.88. The van der Waals surface area contributed by atoms with Crippen LogP contribution in [0.1, 0.15) is 70.1 Å². The highest BCUT2D eigenvalue weighted by Crippen LogP contribution is 2.22. The van der Waals surface area contributed by atoms with Crippen LogP contribution >= 0.6 is 0 Å². The van der Waals surface area contributed by atoms with Gasteiger partial charge < -0.3 is 20.6 Å². The summed E-state index contributed by atoms with van der Waals surface area (Å²) in [5.74, 6) is -0.843. The number of alkyl halides is 3. The minimum atomic E-state index is -4.28. The van der Waals surface area contributed by atoms with Crippen LogP contribution in [0.3, 0.4) is 0 Å². The van der Waals surface area contributed by atoms with Gasteiger partial charge in [0.1, 0.15) is 11.9 Å². The Morgan fingerprint density at radius 2 is 1.91 bits per heavy atom. The molecule has 2 heterocycles. The van der Waals surface area contributed by atoms with Crippen LogP contribution in [0.2, 0.25) is 0 Å². The Morgan fingerprint density at radius 3 is 2.57 bits per heavy atom. The number of nitrogens with zero attached hydrogens (tertiary/aromatic N) is 2. The fourth-order valence-corrected chi connectivity index (χ4v) is 4.29. The number of aliphatic carboxylic acids is 1. The number of carboxylic acids is 1. The topological polar surface area (TPSA) is 94.6 Å². The first-order valence-electron chi connectivity index (χ1n) is 12.7. The fraction of sp³-hybridized carbons (Fsp3) is 0.720. The minimum Gasteiger partial charge on any atom is -0.480 e. The second-order valence-corrected chi connectivity index (χ2v) is 9.21. The number of amides is 1. The number of pyridine rings is 1. The van der Waals surface area contributed by atoms with Crippen LogP contribution < -0.4 is 10.6 Å².